The first-order valence-electron chi connectivity index (χ1n) is 5.38. The van der Waals surface area contributed by atoms with Gasteiger partial charge in [-0.25, -0.2) is 0 Å². The van der Waals surface area contributed by atoms with Crippen molar-refractivity contribution in [1.82, 2.24) is 4.98 Å². The Bertz CT molecular complexity index is 499. The second-order valence-corrected chi connectivity index (χ2v) is 4.29. The van der Waals surface area contributed by atoms with E-state index in [4.69, 9.17) is 17.3 Å². The minimum Gasteiger partial charge on any atom is -0.399 e. The smallest absolute Gasteiger partial charge is 0.0658 e. The van der Waals surface area contributed by atoms with E-state index in [0.717, 1.165) is 11.3 Å². The summed E-state index contributed by atoms with van der Waals surface area (Å²) in [6, 6.07) is 9.57. The average Bonchev–Trinajstić information content (AvgIpc) is 2.34. The standard InChI is InChI=1S/C13H14ClN3/c1-9(10-4-6-16-7-5-10)17-13-3-2-11(15)8-12(13)14/h2-9,17H,15H2,1H3. The molecule has 1 heterocycles. The topological polar surface area (TPSA) is 50.9 Å². The van der Waals surface area contributed by atoms with Crippen molar-refractivity contribution in [3.63, 3.8) is 0 Å². The Kier molecular flexibility index (Phi) is 3.49. The van der Waals surface area contributed by atoms with Gasteiger partial charge in [-0.3, -0.25) is 4.98 Å². The first kappa shape index (κ1) is 11.7. The molecule has 3 N–H and O–H groups in total. The van der Waals surface area contributed by atoms with Crippen LogP contribution >= 0.6 is 11.6 Å². The molecule has 0 aliphatic rings. The minimum atomic E-state index is 0.166. The summed E-state index contributed by atoms with van der Waals surface area (Å²) in [5, 5.41) is 3.97. The monoisotopic (exact) mass is 247 g/mol. The van der Waals surface area contributed by atoms with E-state index in [1.807, 2.05) is 24.3 Å². The van der Waals surface area contributed by atoms with Gasteiger partial charge in [-0.2, -0.15) is 0 Å². The van der Waals surface area contributed by atoms with Crippen molar-refractivity contribution in [3.05, 3.63) is 53.3 Å². The van der Waals surface area contributed by atoms with Gasteiger partial charge in [0.2, 0.25) is 0 Å². The summed E-state index contributed by atoms with van der Waals surface area (Å²) in [5.41, 5.74) is 8.35. The molecule has 1 atom stereocenters. The fourth-order valence-electron chi connectivity index (χ4n) is 1.62. The number of rotatable bonds is 3. The van der Waals surface area contributed by atoms with Crippen LogP contribution in [0.15, 0.2) is 42.7 Å². The van der Waals surface area contributed by atoms with Gasteiger partial charge in [0.15, 0.2) is 0 Å². The number of hydrogen-bond acceptors (Lipinski definition) is 3. The predicted molar refractivity (Wildman–Crippen MR) is 72.1 cm³/mol. The third-order valence-electron chi connectivity index (χ3n) is 2.57. The SMILES string of the molecule is CC(Nc1ccc(N)cc1Cl)c1ccncc1. The molecule has 1 unspecified atom stereocenters. The molecular formula is C13H14ClN3. The fourth-order valence-corrected chi connectivity index (χ4v) is 1.86. The Morgan fingerprint density at radius 3 is 2.59 bits per heavy atom. The van der Waals surface area contributed by atoms with E-state index in [9.17, 15) is 0 Å². The normalized spacial score (nSPS) is 12.1. The molecule has 0 bridgehead atoms. The molecule has 1 aromatic heterocycles. The Hall–Kier alpha value is -1.74. The van der Waals surface area contributed by atoms with Crippen LogP contribution in [0.5, 0.6) is 0 Å². The highest BCUT2D eigenvalue weighted by Crippen LogP contribution is 2.27. The third kappa shape index (κ3) is 2.88. The summed E-state index contributed by atoms with van der Waals surface area (Å²) in [6.45, 7) is 2.07. The Morgan fingerprint density at radius 1 is 1.24 bits per heavy atom. The number of nitrogens with one attached hydrogen (secondary N) is 1. The molecule has 0 aliphatic heterocycles. The van der Waals surface area contributed by atoms with E-state index in [1.54, 1.807) is 18.5 Å². The maximum Gasteiger partial charge on any atom is 0.0658 e. The van der Waals surface area contributed by atoms with E-state index in [-0.39, 0.29) is 6.04 Å². The second kappa shape index (κ2) is 5.06. The van der Waals surface area contributed by atoms with E-state index >= 15 is 0 Å². The largest absolute Gasteiger partial charge is 0.399 e. The van der Waals surface area contributed by atoms with Gasteiger partial charge < -0.3 is 11.1 Å². The van der Waals surface area contributed by atoms with E-state index in [1.165, 1.54) is 0 Å². The molecule has 0 fully saturated rings. The van der Waals surface area contributed by atoms with Crippen molar-refractivity contribution in [1.29, 1.82) is 0 Å². The molecule has 0 saturated carbocycles. The van der Waals surface area contributed by atoms with Crippen molar-refractivity contribution in [2.45, 2.75) is 13.0 Å². The van der Waals surface area contributed by atoms with Gasteiger partial charge in [-0.05, 0) is 42.8 Å². The van der Waals surface area contributed by atoms with Crippen LogP contribution in [0.1, 0.15) is 18.5 Å². The van der Waals surface area contributed by atoms with Gasteiger partial charge in [0.1, 0.15) is 0 Å². The van der Waals surface area contributed by atoms with Gasteiger partial charge in [-0.1, -0.05) is 11.6 Å². The average molecular weight is 248 g/mol. The van der Waals surface area contributed by atoms with Crippen molar-refractivity contribution >= 4 is 23.0 Å². The maximum absolute atomic E-state index is 6.11. The molecule has 17 heavy (non-hydrogen) atoms. The highest BCUT2D eigenvalue weighted by atomic mass is 35.5. The maximum atomic E-state index is 6.11. The van der Waals surface area contributed by atoms with Crippen LogP contribution in [0.25, 0.3) is 0 Å². The molecule has 3 nitrogen and oxygen atoms in total. The number of halogens is 1. The first-order valence-corrected chi connectivity index (χ1v) is 5.76. The Morgan fingerprint density at radius 2 is 1.94 bits per heavy atom. The summed E-state index contributed by atoms with van der Waals surface area (Å²) in [6.07, 6.45) is 3.55. The molecule has 0 radical (unpaired) electrons. The number of nitrogens with zero attached hydrogens (tertiary/aromatic N) is 1. The van der Waals surface area contributed by atoms with Gasteiger partial charge >= 0.3 is 0 Å². The van der Waals surface area contributed by atoms with Crippen LogP contribution in [-0.4, -0.2) is 4.98 Å². The van der Waals surface area contributed by atoms with Crippen molar-refractivity contribution in [3.8, 4) is 0 Å². The van der Waals surface area contributed by atoms with Crippen LogP contribution in [0.4, 0.5) is 11.4 Å². The third-order valence-corrected chi connectivity index (χ3v) is 2.88. The molecule has 0 amide bonds. The van der Waals surface area contributed by atoms with Gasteiger partial charge in [0.25, 0.3) is 0 Å². The molecule has 2 aromatic rings. The predicted octanol–water partition coefficient (Wildman–Crippen LogP) is 3.49. The van der Waals surface area contributed by atoms with Gasteiger partial charge in [0.05, 0.1) is 10.7 Å². The fraction of sp³-hybridized carbons (Fsp3) is 0.154. The van der Waals surface area contributed by atoms with Gasteiger partial charge in [0, 0.05) is 24.1 Å². The van der Waals surface area contributed by atoms with Crippen LogP contribution in [0.2, 0.25) is 5.02 Å². The number of hydrogen-bond donors (Lipinski definition) is 2. The number of anilines is 2. The summed E-state index contributed by atoms with van der Waals surface area (Å²) in [5.74, 6) is 0. The summed E-state index contributed by atoms with van der Waals surface area (Å²) in [7, 11) is 0. The minimum absolute atomic E-state index is 0.166. The van der Waals surface area contributed by atoms with Crippen molar-refractivity contribution < 1.29 is 0 Å². The molecular weight excluding hydrogens is 234 g/mol. The highest BCUT2D eigenvalue weighted by Gasteiger charge is 2.07. The lowest BCUT2D eigenvalue weighted by molar-refractivity contribution is 0.881. The number of benzene rings is 1. The van der Waals surface area contributed by atoms with E-state index in [0.29, 0.717) is 10.7 Å². The Labute approximate surface area is 106 Å². The summed E-state index contributed by atoms with van der Waals surface area (Å²) >= 11 is 6.11. The highest BCUT2D eigenvalue weighted by molar-refractivity contribution is 6.33. The van der Waals surface area contributed by atoms with E-state index in [2.05, 4.69) is 17.2 Å². The molecule has 0 spiro atoms. The number of pyridine rings is 1. The van der Waals surface area contributed by atoms with Crippen LogP contribution in [0, 0.1) is 0 Å². The molecule has 88 valence electrons. The summed E-state index contributed by atoms with van der Waals surface area (Å²) in [4.78, 5) is 3.99. The van der Waals surface area contributed by atoms with Crippen LogP contribution in [-0.2, 0) is 0 Å². The lowest BCUT2D eigenvalue weighted by atomic mass is 10.1. The molecule has 2 rings (SSSR count). The van der Waals surface area contributed by atoms with Crippen LogP contribution < -0.4 is 11.1 Å². The number of nitrogens with two attached hydrogens (primary N) is 1. The van der Waals surface area contributed by atoms with Crippen molar-refractivity contribution in [2.24, 2.45) is 0 Å². The summed E-state index contributed by atoms with van der Waals surface area (Å²) < 4.78 is 0. The lowest BCUT2D eigenvalue weighted by Gasteiger charge is -2.16. The zero-order chi connectivity index (χ0) is 12.3. The molecule has 0 aliphatic carbocycles. The Balaban J connectivity index is 2.16. The molecule has 4 heteroatoms. The van der Waals surface area contributed by atoms with Crippen LogP contribution in [0.3, 0.4) is 0 Å². The lowest BCUT2D eigenvalue weighted by Crippen LogP contribution is -2.07. The number of nitrogen functional groups attached to an aromatic ring is 1. The van der Waals surface area contributed by atoms with E-state index < -0.39 is 0 Å². The quantitative estimate of drug-likeness (QED) is 0.817. The molecule has 0 saturated heterocycles. The van der Waals surface area contributed by atoms with Gasteiger partial charge in [-0.15, -0.1) is 0 Å². The number of aromatic nitrogens is 1. The zero-order valence-corrected chi connectivity index (χ0v) is 10.3. The molecule has 1 aromatic carbocycles. The van der Waals surface area contributed by atoms with Crippen molar-refractivity contribution in [2.75, 3.05) is 11.1 Å². The first-order chi connectivity index (χ1) is 8.16. The second-order valence-electron chi connectivity index (χ2n) is 3.89. The zero-order valence-electron chi connectivity index (χ0n) is 9.52.